The van der Waals surface area contributed by atoms with Gasteiger partial charge in [-0.15, -0.1) is 0 Å². The van der Waals surface area contributed by atoms with Gasteiger partial charge in [0, 0.05) is 34.7 Å². The third-order valence-corrected chi connectivity index (χ3v) is 5.95. The summed E-state index contributed by atoms with van der Waals surface area (Å²) in [5.74, 6) is -0.261. The fourth-order valence-electron chi connectivity index (χ4n) is 3.22. The van der Waals surface area contributed by atoms with E-state index in [9.17, 15) is 18.0 Å². The van der Waals surface area contributed by atoms with Crippen molar-refractivity contribution in [1.82, 2.24) is 4.90 Å². The highest BCUT2D eigenvalue weighted by atomic mass is 35.5. The van der Waals surface area contributed by atoms with Crippen molar-refractivity contribution in [2.24, 2.45) is 0 Å². The Labute approximate surface area is 184 Å². The summed E-state index contributed by atoms with van der Waals surface area (Å²) in [6.45, 7) is 0.935. The van der Waals surface area contributed by atoms with Gasteiger partial charge in [0.25, 0.3) is 0 Å². The number of halogens is 5. The molecule has 2 aromatic rings. The minimum atomic E-state index is -4.45. The molecule has 1 fully saturated rings. The molecule has 0 atom stereocenters. The first-order valence-electron chi connectivity index (χ1n) is 9.77. The van der Waals surface area contributed by atoms with Crippen molar-refractivity contribution in [1.29, 1.82) is 0 Å². The normalized spacial score (nSPS) is 14.2. The van der Waals surface area contributed by atoms with Gasteiger partial charge in [-0.25, -0.2) is 0 Å². The summed E-state index contributed by atoms with van der Waals surface area (Å²) >= 11 is 12.3. The van der Waals surface area contributed by atoms with E-state index in [-0.39, 0.29) is 23.8 Å². The molecule has 8 heteroatoms. The van der Waals surface area contributed by atoms with Crippen LogP contribution in [0, 0.1) is 0 Å². The van der Waals surface area contributed by atoms with Crippen molar-refractivity contribution in [3.63, 3.8) is 0 Å². The minimum absolute atomic E-state index is 0.00110. The number of anilines is 1. The average molecular weight is 459 g/mol. The summed E-state index contributed by atoms with van der Waals surface area (Å²) in [6, 6.07) is 9.29. The van der Waals surface area contributed by atoms with Gasteiger partial charge in [0.05, 0.1) is 5.56 Å². The zero-order chi connectivity index (χ0) is 21.9. The quantitative estimate of drug-likeness (QED) is 0.509. The van der Waals surface area contributed by atoms with Crippen LogP contribution >= 0.6 is 23.2 Å². The maximum absolute atomic E-state index is 12.7. The standard InChI is InChI=1S/C22H23Cl2F3N2O/c1-29(18-7-8-18)11-10-15-3-6-17(13-20(15)24)28-21(30)9-4-14-2-5-16(12-19(14)23)22(25,26)27/h2-3,5-6,12-13,18H,4,7-11H2,1H3,(H,28,30). The zero-order valence-corrected chi connectivity index (χ0v) is 18.0. The van der Waals surface area contributed by atoms with E-state index in [1.807, 2.05) is 6.07 Å². The van der Waals surface area contributed by atoms with Crippen LogP contribution in [0.25, 0.3) is 0 Å². The molecule has 1 aliphatic carbocycles. The molecule has 0 spiro atoms. The van der Waals surface area contributed by atoms with E-state index >= 15 is 0 Å². The molecule has 162 valence electrons. The smallest absolute Gasteiger partial charge is 0.326 e. The van der Waals surface area contributed by atoms with Crippen LogP contribution in [0.1, 0.15) is 36.0 Å². The van der Waals surface area contributed by atoms with Crippen molar-refractivity contribution in [2.75, 3.05) is 18.9 Å². The minimum Gasteiger partial charge on any atom is -0.326 e. The summed E-state index contributed by atoms with van der Waals surface area (Å²) in [6.07, 6.45) is -0.761. The first-order chi connectivity index (χ1) is 14.1. The SMILES string of the molecule is CN(CCc1ccc(NC(=O)CCc2ccc(C(F)(F)F)cc2Cl)cc1Cl)C1CC1. The Balaban J connectivity index is 1.51. The number of alkyl halides is 3. The van der Waals surface area contributed by atoms with Gasteiger partial charge in [0.15, 0.2) is 0 Å². The van der Waals surface area contributed by atoms with Crippen LogP contribution in [0.5, 0.6) is 0 Å². The Bertz CT molecular complexity index is 914. The number of likely N-dealkylation sites (N-methyl/N-ethyl adjacent to an activating group) is 1. The van der Waals surface area contributed by atoms with Crippen LogP contribution in [0.3, 0.4) is 0 Å². The van der Waals surface area contributed by atoms with Crippen LogP contribution in [0.15, 0.2) is 36.4 Å². The molecule has 0 saturated heterocycles. The molecule has 0 unspecified atom stereocenters. The number of amides is 1. The van der Waals surface area contributed by atoms with E-state index in [1.54, 1.807) is 12.1 Å². The molecule has 1 amide bonds. The molecule has 1 aliphatic rings. The average Bonchev–Trinajstić information content (AvgIpc) is 3.50. The molecule has 0 heterocycles. The highest BCUT2D eigenvalue weighted by Gasteiger charge is 2.30. The highest BCUT2D eigenvalue weighted by molar-refractivity contribution is 6.32. The molecule has 30 heavy (non-hydrogen) atoms. The Morgan fingerprint density at radius 1 is 1.07 bits per heavy atom. The van der Waals surface area contributed by atoms with E-state index in [0.29, 0.717) is 22.3 Å². The highest BCUT2D eigenvalue weighted by Crippen LogP contribution is 2.32. The van der Waals surface area contributed by atoms with E-state index in [0.717, 1.165) is 30.7 Å². The number of nitrogens with zero attached hydrogens (tertiary/aromatic N) is 1. The Morgan fingerprint density at radius 3 is 2.30 bits per heavy atom. The summed E-state index contributed by atoms with van der Waals surface area (Å²) in [5.41, 5.74) is 1.30. The fraction of sp³-hybridized carbons (Fsp3) is 0.409. The van der Waals surface area contributed by atoms with Crippen LogP contribution in [-0.4, -0.2) is 30.4 Å². The lowest BCUT2D eigenvalue weighted by Gasteiger charge is -2.16. The molecule has 0 aromatic heterocycles. The number of hydrogen-bond donors (Lipinski definition) is 1. The lowest BCUT2D eigenvalue weighted by atomic mass is 10.1. The third-order valence-electron chi connectivity index (χ3n) is 5.24. The van der Waals surface area contributed by atoms with E-state index in [2.05, 4.69) is 17.3 Å². The van der Waals surface area contributed by atoms with E-state index in [4.69, 9.17) is 23.2 Å². The second-order valence-corrected chi connectivity index (χ2v) is 8.43. The molecule has 3 nitrogen and oxygen atoms in total. The van der Waals surface area contributed by atoms with Gasteiger partial charge in [-0.1, -0.05) is 35.3 Å². The topological polar surface area (TPSA) is 32.3 Å². The van der Waals surface area contributed by atoms with Gasteiger partial charge in [-0.2, -0.15) is 13.2 Å². The van der Waals surface area contributed by atoms with Gasteiger partial charge in [-0.3, -0.25) is 4.79 Å². The molecule has 0 bridgehead atoms. The summed E-state index contributed by atoms with van der Waals surface area (Å²) in [4.78, 5) is 14.6. The fourth-order valence-corrected chi connectivity index (χ4v) is 3.77. The van der Waals surface area contributed by atoms with Crippen LogP contribution in [0.2, 0.25) is 10.0 Å². The maximum atomic E-state index is 12.7. The first-order valence-corrected chi connectivity index (χ1v) is 10.5. The van der Waals surface area contributed by atoms with Crippen molar-refractivity contribution in [2.45, 2.75) is 44.3 Å². The van der Waals surface area contributed by atoms with E-state index < -0.39 is 11.7 Å². The lowest BCUT2D eigenvalue weighted by molar-refractivity contribution is -0.137. The second-order valence-electron chi connectivity index (χ2n) is 7.62. The Kier molecular flexibility index (Phi) is 7.32. The number of nitrogens with one attached hydrogen (secondary N) is 1. The molecule has 2 aromatic carbocycles. The number of benzene rings is 2. The van der Waals surface area contributed by atoms with Gasteiger partial charge in [0.1, 0.15) is 0 Å². The van der Waals surface area contributed by atoms with Crippen molar-refractivity contribution >= 4 is 34.8 Å². The van der Waals surface area contributed by atoms with E-state index in [1.165, 1.54) is 18.9 Å². The number of carbonyl (C=O) groups is 1. The van der Waals surface area contributed by atoms with Gasteiger partial charge in [0.2, 0.25) is 5.91 Å². The van der Waals surface area contributed by atoms with Gasteiger partial charge < -0.3 is 10.2 Å². The molecular weight excluding hydrogens is 436 g/mol. The molecule has 1 saturated carbocycles. The number of carbonyl (C=O) groups excluding carboxylic acids is 1. The second kappa shape index (κ2) is 9.58. The number of aryl methyl sites for hydroxylation is 1. The Hall–Kier alpha value is -1.76. The summed E-state index contributed by atoms with van der Waals surface area (Å²) in [7, 11) is 2.11. The monoisotopic (exact) mass is 458 g/mol. The number of hydrogen-bond acceptors (Lipinski definition) is 2. The zero-order valence-electron chi connectivity index (χ0n) is 16.5. The van der Waals surface area contributed by atoms with Crippen LogP contribution in [-0.2, 0) is 23.8 Å². The van der Waals surface area contributed by atoms with Gasteiger partial charge >= 0.3 is 6.18 Å². The molecule has 0 radical (unpaired) electrons. The first kappa shape index (κ1) is 22.9. The summed E-state index contributed by atoms with van der Waals surface area (Å²) in [5, 5.41) is 3.37. The molecule has 3 rings (SSSR count). The third kappa shape index (κ3) is 6.37. The molecular formula is C22H23Cl2F3N2O. The van der Waals surface area contributed by atoms with Crippen LogP contribution < -0.4 is 5.32 Å². The number of rotatable bonds is 8. The summed E-state index contributed by atoms with van der Waals surface area (Å²) < 4.78 is 38.1. The van der Waals surface area contributed by atoms with Crippen molar-refractivity contribution in [3.8, 4) is 0 Å². The molecule has 0 aliphatic heterocycles. The predicted molar refractivity (Wildman–Crippen MR) is 114 cm³/mol. The maximum Gasteiger partial charge on any atom is 0.416 e. The Morgan fingerprint density at radius 2 is 1.70 bits per heavy atom. The lowest BCUT2D eigenvalue weighted by Crippen LogP contribution is -2.23. The van der Waals surface area contributed by atoms with Gasteiger partial charge in [-0.05, 0) is 68.1 Å². The molecule has 1 N–H and O–H groups in total. The van der Waals surface area contributed by atoms with Crippen molar-refractivity contribution < 1.29 is 18.0 Å². The van der Waals surface area contributed by atoms with Crippen molar-refractivity contribution in [3.05, 3.63) is 63.1 Å². The predicted octanol–water partition coefficient (Wildman–Crippen LogP) is 6.22. The van der Waals surface area contributed by atoms with Crippen LogP contribution in [0.4, 0.5) is 18.9 Å². The largest absolute Gasteiger partial charge is 0.416 e.